The van der Waals surface area contributed by atoms with E-state index in [4.69, 9.17) is 0 Å². The van der Waals surface area contributed by atoms with Gasteiger partial charge in [0.2, 0.25) is 0 Å². The Balaban J connectivity index is 2.11. The Morgan fingerprint density at radius 1 is 1.29 bits per heavy atom. The summed E-state index contributed by atoms with van der Waals surface area (Å²) >= 11 is 6.90. The molecule has 0 saturated carbocycles. The van der Waals surface area contributed by atoms with Crippen molar-refractivity contribution in [3.05, 3.63) is 55.2 Å². The van der Waals surface area contributed by atoms with Gasteiger partial charge < -0.3 is 0 Å². The fourth-order valence-electron chi connectivity index (χ4n) is 2.26. The zero-order valence-corrected chi connectivity index (χ0v) is 14.6. The summed E-state index contributed by atoms with van der Waals surface area (Å²) in [6.07, 6.45) is 1.58. The van der Waals surface area contributed by atoms with E-state index in [0.717, 1.165) is 20.3 Å². The van der Waals surface area contributed by atoms with Gasteiger partial charge in [-0.3, -0.25) is 14.0 Å². The van der Waals surface area contributed by atoms with Crippen molar-refractivity contribution in [1.82, 2.24) is 19.3 Å². The van der Waals surface area contributed by atoms with Crippen LogP contribution in [-0.4, -0.2) is 19.3 Å². The lowest BCUT2D eigenvalue weighted by Crippen LogP contribution is -2.22. The fraction of sp³-hybridized carbons (Fsp3) is 0.214. The Labute approximate surface area is 137 Å². The van der Waals surface area contributed by atoms with Crippen molar-refractivity contribution in [2.45, 2.75) is 13.5 Å². The minimum atomic E-state index is -0.0572. The Kier molecular flexibility index (Phi) is 3.71. The molecule has 0 aliphatic rings. The van der Waals surface area contributed by atoms with Crippen LogP contribution in [0.4, 0.5) is 0 Å². The molecule has 108 valence electrons. The lowest BCUT2D eigenvalue weighted by molar-refractivity contribution is 0.646. The van der Waals surface area contributed by atoms with Gasteiger partial charge in [-0.1, -0.05) is 15.9 Å². The third kappa shape index (κ3) is 2.55. The lowest BCUT2D eigenvalue weighted by atomic mass is 10.2. The van der Waals surface area contributed by atoms with Gasteiger partial charge in [-0.2, -0.15) is 5.10 Å². The normalized spacial score (nSPS) is 11.2. The quantitative estimate of drug-likeness (QED) is 0.651. The molecule has 0 amide bonds. The highest BCUT2D eigenvalue weighted by Crippen LogP contribution is 2.21. The van der Waals surface area contributed by atoms with Crippen LogP contribution < -0.4 is 5.56 Å². The van der Waals surface area contributed by atoms with Gasteiger partial charge in [-0.05, 0) is 41.1 Å². The Morgan fingerprint density at radius 3 is 2.71 bits per heavy atom. The number of fused-ring (bicyclic) bond motifs is 1. The van der Waals surface area contributed by atoms with E-state index in [-0.39, 0.29) is 5.56 Å². The summed E-state index contributed by atoms with van der Waals surface area (Å²) in [5.41, 5.74) is 2.47. The molecule has 5 nitrogen and oxygen atoms in total. The van der Waals surface area contributed by atoms with Gasteiger partial charge in [0.25, 0.3) is 5.56 Å². The summed E-state index contributed by atoms with van der Waals surface area (Å²) < 4.78 is 5.20. The molecule has 1 aromatic carbocycles. The Morgan fingerprint density at radius 2 is 2.05 bits per heavy atom. The summed E-state index contributed by atoms with van der Waals surface area (Å²) in [5, 5.41) is 4.95. The van der Waals surface area contributed by atoms with Crippen LogP contribution in [0.3, 0.4) is 0 Å². The van der Waals surface area contributed by atoms with Crippen molar-refractivity contribution in [3.8, 4) is 0 Å². The summed E-state index contributed by atoms with van der Waals surface area (Å²) in [5.74, 6) is 0. The predicted octanol–water partition coefficient (Wildman–Crippen LogP) is 3.01. The molecule has 3 aromatic rings. The molecule has 0 saturated heterocycles. The van der Waals surface area contributed by atoms with Gasteiger partial charge in [0.05, 0.1) is 39.6 Å². The van der Waals surface area contributed by atoms with Crippen LogP contribution in [0.25, 0.3) is 10.9 Å². The monoisotopic (exact) mass is 410 g/mol. The highest BCUT2D eigenvalue weighted by molar-refractivity contribution is 9.10. The smallest absolute Gasteiger partial charge is 0.261 e. The second-order valence-corrected chi connectivity index (χ2v) is 6.52. The molecule has 0 N–H and O–H groups in total. The number of aromatic nitrogens is 4. The average Bonchev–Trinajstić information content (AvgIpc) is 2.68. The standard InChI is InChI=1S/C14H12Br2N4O/c1-8-13(16)12(19(2)18-8)6-20-7-17-11-5-9(15)3-4-10(11)14(20)21/h3-5,7H,6H2,1-2H3. The van der Waals surface area contributed by atoms with E-state index in [0.29, 0.717) is 17.4 Å². The zero-order valence-electron chi connectivity index (χ0n) is 11.5. The third-order valence-electron chi connectivity index (χ3n) is 3.37. The number of nitrogens with zero attached hydrogens (tertiary/aromatic N) is 4. The number of halogens is 2. The van der Waals surface area contributed by atoms with Crippen molar-refractivity contribution in [2.24, 2.45) is 7.05 Å². The first-order valence-corrected chi connectivity index (χ1v) is 7.88. The van der Waals surface area contributed by atoms with Gasteiger partial charge in [0, 0.05) is 11.5 Å². The summed E-state index contributed by atoms with van der Waals surface area (Å²) in [7, 11) is 1.86. The van der Waals surface area contributed by atoms with Crippen molar-refractivity contribution >= 4 is 42.8 Å². The van der Waals surface area contributed by atoms with E-state index in [9.17, 15) is 4.79 Å². The van der Waals surface area contributed by atoms with Crippen LogP contribution in [0.1, 0.15) is 11.4 Å². The summed E-state index contributed by atoms with van der Waals surface area (Å²) in [6.45, 7) is 2.35. The van der Waals surface area contributed by atoms with E-state index in [1.54, 1.807) is 21.6 Å². The Bertz CT molecular complexity index is 898. The molecular weight excluding hydrogens is 400 g/mol. The van der Waals surface area contributed by atoms with Gasteiger partial charge in [0.15, 0.2) is 0 Å². The molecule has 2 heterocycles. The minimum Gasteiger partial charge on any atom is -0.293 e. The Hall–Kier alpha value is -1.47. The molecule has 21 heavy (non-hydrogen) atoms. The maximum absolute atomic E-state index is 12.5. The molecule has 0 aliphatic heterocycles. The number of aryl methyl sites for hydroxylation is 2. The predicted molar refractivity (Wildman–Crippen MR) is 88.5 cm³/mol. The average molecular weight is 412 g/mol. The molecule has 0 unspecified atom stereocenters. The largest absolute Gasteiger partial charge is 0.293 e. The zero-order chi connectivity index (χ0) is 15.1. The maximum atomic E-state index is 12.5. The van der Waals surface area contributed by atoms with E-state index in [1.807, 2.05) is 26.1 Å². The number of hydrogen-bond acceptors (Lipinski definition) is 3. The second kappa shape index (κ2) is 5.38. The molecule has 0 fully saturated rings. The van der Waals surface area contributed by atoms with Crippen molar-refractivity contribution in [2.75, 3.05) is 0 Å². The van der Waals surface area contributed by atoms with Crippen molar-refractivity contribution in [3.63, 3.8) is 0 Å². The van der Waals surface area contributed by atoms with Crippen LogP contribution >= 0.6 is 31.9 Å². The maximum Gasteiger partial charge on any atom is 0.261 e. The number of benzene rings is 1. The van der Waals surface area contributed by atoms with Crippen LogP contribution in [0.5, 0.6) is 0 Å². The van der Waals surface area contributed by atoms with Crippen LogP contribution in [0.15, 0.2) is 38.3 Å². The molecule has 2 aromatic heterocycles. The number of rotatable bonds is 2. The second-order valence-electron chi connectivity index (χ2n) is 4.81. The topological polar surface area (TPSA) is 52.7 Å². The minimum absolute atomic E-state index is 0.0572. The molecule has 0 radical (unpaired) electrons. The van der Waals surface area contributed by atoms with Gasteiger partial charge >= 0.3 is 0 Å². The van der Waals surface area contributed by atoms with Gasteiger partial charge in [0.1, 0.15) is 0 Å². The third-order valence-corrected chi connectivity index (χ3v) is 4.89. The van der Waals surface area contributed by atoms with E-state index >= 15 is 0 Å². The molecule has 3 rings (SSSR count). The van der Waals surface area contributed by atoms with E-state index < -0.39 is 0 Å². The first-order valence-electron chi connectivity index (χ1n) is 6.30. The number of hydrogen-bond donors (Lipinski definition) is 0. The fourth-order valence-corrected chi connectivity index (χ4v) is 3.07. The van der Waals surface area contributed by atoms with E-state index in [1.165, 1.54) is 0 Å². The van der Waals surface area contributed by atoms with Gasteiger partial charge in [-0.25, -0.2) is 4.98 Å². The molecule has 0 spiro atoms. The lowest BCUT2D eigenvalue weighted by Gasteiger charge is -2.08. The first kappa shape index (κ1) is 14.5. The van der Waals surface area contributed by atoms with Crippen molar-refractivity contribution in [1.29, 1.82) is 0 Å². The van der Waals surface area contributed by atoms with Gasteiger partial charge in [-0.15, -0.1) is 0 Å². The summed E-state index contributed by atoms with van der Waals surface area (Å²) in [6, 6.07) is 5.47. The van der Waals surface area contributed by atoms with E-state index in [2.05, 4.69) is 41.9 Å². The SMILES string of the molecule is Cc1nn(C)c(Cn2cnc3cc(Br)ccc3c2=O)c1Br. The highest BCUT2D eigenvalue weighted by atomic mass is 79.9. The summed E-state index contributed by atoms with van der Waals surface area (Å²) in [4.78, 5) is 16.9. The van der Waals surface area contributed by atoms with Crippen LogP contribution in [0, 0.1) is 6.92 Å². The molecule has 0 bridgehead atoms. The molecule has 0 aliphatic carbocycles. The van der Waals surface area contributed by atoms with Crippen LogP contribution in [-0.2, 0) is 13.6 Å². The highest BCUT2D eigenvalue weighted by Gasteiger charge is 2.13. The molecular formula is C14H12Br2N4O. The molecule has 0 atom stereocenters. The van der Waals surface area contributed by atoms with Crippen molar-refractivity contribution < 1.29 is 0 Å². The van der Waals surface area contributed by atoms with Crippen LogP contribution in [0.2, 0.25) is 0 Å². The first-order chi connectivity index (χ1) is 9.97. The molecule has 7 heteroatoms.